The molecule has 6 nitrogen and oxygen atoms in total. The number of nitrogens with one attached hydrogen (secondary N) is 1. The highest BCUT2D eigenvalue weighted by Crippen LogP contribution is 2.25. The smallest absolute Gasteiger partial charge is 0.260 e. The van der Waals surface area contributed by atoms with E-state index in [4.69, 9.17) is 0 Å². The Bertz CT molecular complexity index is 547. The van der Waals surface area contributed by atoms with Crippen molar-refractivity contribution in [3.8, 4) is 0 Å². The average Bonchev–Trinajstić information content (AvgIpc) is 2.92. The number of rotatable bonds is 6. The van der Waals surface area contributed by atoms with Gasteiger partial charge in [-0.15, -0.1) is 0 Å². The lowest BCUT2D eigenvalue weighted by atomic mass is 9.91. The van der Waals surface area contributed by atoms with E-state index >= 15 is 0 Å². The summed E-state index contributed by atoms with van der Waals surface area (Å²) in [5, 5.41) is 7.74. The van der Waals surface area contributed by atoms with Crippen LogP contribution in [0.25, 0.3) is 0 Å². The van der Waals surface area contributed by atoms with Crippen molar-refractivity contribution in [2.45, 2.75) is 44.2 Å². The molecule has 2 heterocycles. The molecule has 1 aromatic rings. The van der Waals surface area contributed by atoms with Crippen LogP contribution in [0.3, 0.4) is 0 Å². The van der Waals surface area contributed by atoms with Crippen molar-refractivity contribution in [3.05, 3.63) is 12.3 Å². The Morgan fingerprint density at radius 2 is 2.10 bits per heavy atom. The molecule has 2 rings (SSSR count). The second-order valence-corrected chi connectivity index (χ2v) is 7.66. The van der Waals surface area contributed by atoms with Gasteiger partial charge in [0.05, 0.1) is 6.20 Å². The van der Waals surface area contributed by atoms with E-state index in [0.29, 0.717) is 25.0 Å². The minimum atomic E-state index is -3.40. The van der Waals surface area contributed by atoms with Gasteiger partial charge in [0.2, 0.25) is 0 Å². The van der Waals surface area contributed by atoms with Gasteiger partial charge in [0.15, 0.2) is 5.03 Å². The number of hydrogen-bond donors (Lipinski definition) is 1. The minimum absolute atomic E-state index is 0.276. The maximum atomic E-state index is 12.6. The Morgan fingerprint density at radius 1 is 1.43 bits per heavy atom. The maximum Gasteiger partial charge on any atom is 0.260 e. The molecule has 1 aliphatic rings. The van der Waals surface area contributed by atoms with E-state index in [0.717, 1.165) is 25.8 Å². The summed E-state index contributed by atoms with van der Waals surface area (Å²) in [6.07, 6.45) is 4.47. The van der Waals surface area contributed by atoms with Crippen LogP contribution in [0.1, 0.15) is 33.1 Å². The molecular weight excluding hydrogens is 288 g/mol. The van der Waals surface area contributed by atoms with Gasteiger partial charge in [0.1, 0.15) is 0 Å². The zero-order valence-electron chi connectivity index (χ0n) is 13.1. The summed E-state index contributed by atoms with van der Waals surface area (Å²) >= 11 is 0. The van der Waals surface area contributed by atoms with Crippen LogP contribution in [0.5, 0.6) is 0 Å². The summed E-state index contributed by atoms with van der Waals surface area (Å²) in [5.74, 6) is 0.550. The van der Waals surface area contributed by atoms with Crippen molar-refractivity contribution in [3.63, 3.8) is 0 Å². The fourth-order valence-corrected chi connectivity index (χ4v) is 4.47. The molecule has 1 N–H and O–H groups in total. The zero-order valence-corrected chi connectivity index (χ0v) is 13.9. The van der Waals surface area contributed by atoms with E-state index in [2.05, 4.69) is 24.3 Å². The molecule has 1 aliphatic heterocycles. The molecule has 7 heteroatoms. The number of hydrogen-bond acceptors (Lipinski definition) is 4. The standard InChI is InChI=1S/C14H26N4O2S/c1-4-8-15-12(2)13-6-10-18(11-7-13)21(19,20)14-5-9-16-17(14)3/h5,9,12-13,15H,4,6-8,10-11H2,1-3H3. The number of aromatic nitrogens is 2. The first-order valence-electron chi connectivity index (χ1n) is 7.68. The summed E-state index contributed by atoms with van der Waals surface area (Å²) in [4.78, 5) is 0. The molecule has 0 amide bonds. The molecule has 1 aromatic heterocycles. The van der Waals surface area contributed by atoms with Gasteiger partial charge >= 0.3 is 0 Å². The van der Waals surface area contributed by atoms with Crippen LogP contribution < -0.4 is 5.32 Å². The monoisotopic (exact) mass is 314 g/mol. The summed E-state index contributed by atoms with van der Waals surface area (Å²) in [6.45, 7) is 6.57. The third-order valence-corrected chi connectivity index (χ3v) is 6.28. The average molecular weight is 314 g/mol. The molecule has 0 bridgehead atoms. The molecule has 0 saturated carbocycles. The molecule has 0 radical (unpaired) electrons. The predicted molar refractivity (Wildman–Crippen MR) is 82.4 cm³/mol. The number of piperidine rings is 1. The van der Waals surface area contributed by atoms with Crippen molar-refractivity contribution < 1.29 is 8.42 Å². The van der Waals surface area contributed by atoms with E-state index < -0.39 is 10.0 Å². The maximum absolute atomic E-state index is 12.6. The van der Waals surface area contributed by atoms with E-state index in [1.807, 2.05) is 0 Å². The third kappa shape index (κ3) is 3.64. The highest BCUT2D eigenvalue weighted by molar-refractivity contribution is 7.89. The highest BCUT2D eigenvalue weighted by Gasteiger charge is 2.32. The lowest BCUT2D eigenvalue weighted by Gasteiger charge is -2.34. The number of aryl methyl sites for hydroxylation is 1. The Labute approximate surface area is 127 Å². The van der Waals surface area contributed by atoms with Crippen molar-refractivity contribution in [2.75, 3.05) is 19.6 Å². The van der Waals surface area contributed by atoms with Gasteiger partial charge in [0, 0.05) is 26.2 Å². The molecule has 0 aromatic carbocycles. The van der Waals surface area contributed by atoms with Gasteiger partial charge in [-0.3, -0.25) is 4.68 Å². The molecule has 120 valence electrons. The topological polar surface area (TPSA) is 67.2 Å². The molecule has 1 fully saturated rings. The predicted octanol–water partition coefficient (Wildman–Crippen LogP) is 1.21. The van der Waals surface area contributed by atoms with Crippen LogP contribution in [0.4, 0.5) is 0 Å². The summed E-state index contributed by atoms with van der Waals surface area (Å²) in [5.41, 5.74) is 0. The van der Waals surface area contributed by atoms with Gasteiger partial charge in [-0.2, -0.15) is 9.40 Å². The Kier molecular flexibility index (Phi) is 5.40. The molecule has 0 aliphatic carbocycles. The normalized spacial score (nSPS) is 19.8. The van der Waals surface area contributed by atoms with Crippen LogP contribution >= 0.6 is 0 Å². The molecule has 1 atom stereocenters. The van der Waals surface area contributed by atoms with Crippen LogP contribution in [0, 0.1) is 5.92 Å². The molecule has 21 heavy (non-hydrogen) atoms. The number of nitrogens with zero attached hydrogens (tertiary/aromatic N) is 3. The van der Waals surface area contributed by atoms with Crippen LogP contribution in [0.15, 0.2) is 17.3 Å². The van der Waals surface area contributed by atoms with Gasteiger partial charge < -0.3 is 5.32 Å². The fraction of sp³-hybridized carbons (Fsp3) is 0.786. The van der Waals surface area contributed by atoms with Crippen molar-refractivity contribution >= 4 is 10.0 Å². The SMILES string of the molecule is CCCNC(C)C1CCN(S(=O)(=O)c2ccnn2C)CC1. The molecular formula is C14H26N4O2S. The lowest BCUT2D eigenvalue weighted by Crippen LogP contribution is -2.44. The summed E-state index contributed by atoms with van der Waals surface area (Å²) in [6, 6.07) is 2.01. The second kappa shape index (κ2) is 6.89. The Morgan fingerprint density at radius 3 is 2.62 bits per heavy atom. The van der Waals surface area contributed by atoms with Crippen molar-refractivity contribution in [1.29, 1.82) is 0 Å². The van der Waals surface area contributed by atoms with Gasteiger partial charge in [0.25, 0.3) is 10.0 Å². The Balaban J connectivity index is 1.96. The summed E-state index contributed by atoms with van der Waals surface area (Å²) in [7, 11) is -1.74. The first kappa shape index (κ1) is 16.5. The van der Waals surface area contributed by atoms with E-state index in [1.165, 1.54) is 10.9 Å². The van der Waals surface area contributed by atoms with Gasteiger partial charge in [-0.05, 0) is 44.7 Å². The van der Waals surface area contributed by atoms with Crippen molar-refractivity contribution in [2.24, 2.45) is 13.0 Å². The third-order valence-electron chi connectivity index (χ3n) is 4.30. The van der Waals surface area contributed by atoms with Crippen molar-refractivity contribution in [1.82, 2.24) is 19.4 Å². The second-order valence-electron chi connectivity index (χ2n) is 5.78. The number of sulfonamides is 1. The highest BCUT2D eigenvalue weighted by atomic mass is 32.2. The van der Waals surface area contributed by atoms with Gasteiger partial charge in [-0.1, -0.05) is 6.92 Å². The summed E-state index contributed by atoms with van der Waals surface area (Å²) < 4.78 is 28.1. The van der Waals surface area contributed by atoms with Gasteiger partial charge in [-0.25, -0.2) is 8.42 Å². The first-order chi connectivity index (χ1) is 9.96. The Hall–Kier alpha value is -0.920. The first-order valence-corrected chi connectivity index (χ1v) is 9.12. The van der Waals surface area contributed by atoms with E-state index in [9.17, 15) is 8.42 Å². The fourth-order valence-electron chi connectivity index (χ4n) is 2.90. The quantitative estimate of drug-likeness (QED) is 0.857. The van der Waals surface area contributed by atoms with Crippen LogP contribution in [0.2, 0.25) is 0 Å². The molecule has 0 spiro atoms. The van der Waals surface area contributed by atoms with Crippen LogP contribution in [-0.4, -0.2) is 48.2 Å². The minimum Gasteiger partial charge on any atom is -0.314 e. The zero-order chi connectivity index (χ0) is 15.5. The molecule has 1 unspecified atom stereocenters. The lowest BCUT2D eigenvalue weighted by molar-refractivity contribution is 0.230. The molecule has 1 saturated heterocycles. The van der Waals surface area contributed by atoms with Crippen LogP contribution in [-0.2, 0) is 17.1 Å². The van der Waals surface area contributed by atoms with E-state index in [1.54, 1.807) is 17.4 Å². The largest absolute Gasteiger partial charge is 0.314 e. The van der Waals surface area contributed by atoms with E-state index in [-0.39, 0.29) is 5.03 Å².